The van der Waals surface area contributed by atoms with E-state index in [2.05, 4.69) is 15.3 Å². The second kappa shape index (κ2) is 9.10. The fraction of sp³-hybridized carbons (Fsp3) is 0.333. The Bertz CT molecular complexity index is 1090. The van der Waals surface area contributed by atoms with Crippen LogP contribution >= 0.6 is 11.6 Å². The number of hydrogen-bond acceptors (Lipinski definition) is 3. The number of benzene rings is 2. The highest BCUT2D eigenvalue weighted by atomic mass is 35.5. The van der Waals surface area contributed by atoms with Crippen LogP contribution in [0.15, 0.2) is 42.5 Å². The molecule has 0 bridgehead atoms. The van der Waals surface area contributed by atoms with Gasteiger partial charge in [-0.1, -0.05) is 41.4 Å². The Morgan fingerprint density at radius 1 is 1.10 bits per heavy atom. The molecular weight excluding hydrogens is 415 g/mol. The van der Waals surface area contributed by atoms with Gasteiger partial charge in [-0.05, 0) is 56.9 Å². The summed E-state index contributed by atoms with van der Waals surface area (Å²) in [5, 5.41) is 7.60. The normalized spacial score (nSPS) is 14.0. The SMILES string of the molecule is Cc1ccc(Cn2nc(C)c(C(=O)Nc3cc(F)ccc3N3CCCCC3)c2Cl)cc1. The van der Waals surface area contributed by atoms with Gasteiger partial charge in [-0.3, -0.25) is 4.79 Å². The standard InChI is InChI=1S/C24H26ClFN4O/c1-16-6-8-18(9-7-16)15-30-23(25)22(17(2)28-30)24(31)27-20-14-19(26)10-11-21(20)29-12-4-3-5-13-29/h6-11,14H,3-5,12-13,15H2,1-2H3,(H,27,31). The molecule has 1 saturated heterocycles. The third kappa shape index (κ3) is 4.74. The predicted octanol–water partition coefficient (Wildman–Crippen LogP) is 5.58. The number of nitrogens with one attached hydrogen (secondary N) is 1. The first-order chi connectivity index (χ1) is 14.9. The molecule has 3 aromatic rings. The number of halogens is 2. The van der Waals surface area contributed by atoms with Crippen LogP contribution in [0.2, 0.25) is 5.15 Å². The number of hydrogen-bond donors (Lipinski definition) is 1. The van der Waals surface area contributed by atoms with Gasteiger partial charge in [0, 0.05) is 13.1 Å². The summed E-state index contributed by atoms with van der Waals surface area (Å²) in [6, 6.07) is 12.6. The van der Waals surface area contributed by atoms with Crippen molar-refractivity contribution in [2.45, 2.75) is 39.7 Å². The summed E-state index contributed by atoms with van der Waals surface area (Å²) in [6.07, 6.45) is 3.36. The maximum absolute atomic E-state index is 14.0. The number of rotatable bonds is 5. The van der Waals surface area contributed by atoms with Crippen molar-refractivity contribution in [2.24, 2.45) is 0 Å². The average molecular weight is 441 g/mol. The number of amides is 1. The largest absolute Gasteiger partial charge is 0.370 e. The number of piperidine rings is 1. The zero-order valence-corrected chi connectivity index (χ0v) is 18.5. The van der Waals surface area contributed by atoms with Crippen molar-refractivity contribution in [1.82, 2.24) is 9.78 Å². The van der Waals surface area contributed by atoms with Crippen molar-refractivity contribution < 1.29 is 9.18 Å². The number of nitrogens with zero attached hydrogens (tertiary/aromatic N) is 3. The minimum Gasteiger partial charge on any atom is -0.370 e. The lowest BCUT2D eigenvalue weighted by Crippen LogP contribution is -2.30. The van der Waals surface area contributed by atoms with E-state index in [1.807, 2.05) is 31.2 Å². The Hall–Kier alpha value is -2.86. The predicted molar refractivity (Wildman–Crippen MR) is 123 cm³/mol. The van der Waals surface area contributed by atoms with Gasteiger partial charge in [0.2, 0.25) is 0 Å². The summed E-state index contributed by atoms with van der Waals surface area (Å²) in [4.78, 5) is 15.3. The van der Waals surface area contributed by atoms with Crippen molar-refractivity contribution >= 4 is 28.9 Å². The van der Waals surface area contributed by atoms with Gasteiger partial charge in [0.05, 0.1) is 29.2 Å². The molecule has 31 heavy (non-hydrogen) atoms. The molecule has 1 aliphatic rings. The first kappa shape index (κ1) is 21.4. The van der Waals surface area contributed by atoms with Crippen molar-refractivity contribution in [1.29, 1.82) is 0 Å². The van der Waals surface area contributed by atoms with Crippen LogP contribution in [0.5, 0.6) is 0 Å². The molecule has 0 unspecified atom stereocenters. The molecule has 1 N–H and O–H groups in total. The molecule has 162 valence electrons. The molecule has 0 spiro atoms. The summed E-state index contributed by atoms with van der Waals surface area (Å²) in [7, 11) is 0. The minimum atomic E-state index is -0.394. The molecule has 4 rings (SSSR count). The molecule has 1 aliphatic heterocycles. The Morgan fingerprint density at radius 3 is 2.52 bits per heavy atom. The third-order valence-corrected chi connectivity index (χ3v) is 6.03. The van der Waals surface area contributed by atoms with Crippen LogP contribution in [0.3, 0.4) is 0 Å². The van der Waals surface area contributed by atoms with Gasteiger partial charge in [-0.2, -0.15) is 5.10 Å². The zero-order valence-electron chi connectivity index (χ0n) is 17.8. The van der Waals surface area contributed by atoms with Crippen molar-refractivity contribution in [3.63, 3.8) is 0 Å². The monoisotopic (exact) mass is 440 g/mol. The highest BCUT2D eigenvalue weighted by molar-refractivity contribution is 6.33. The number of carbonyl (C=O) groups is 1. The summed E-state index contributed by atoms with van der Waals surface area (Å²) < 4.78 is 15.6. The molecule has 7 heteroatoms. The van der Waals surface area contributed by atoms with Crippen molar-refractivity contribution in [3.05, 3.63) is 75.8 Å². The van der Waals surface area contributed by atoms with E-state index >= 15 is 0 Å². The van der Waals surface area contributed by atoms with Gasteiger partial charge in [0.1, 0.15) is 11.0 Å². The molecule has 0 saturated carbocycles. The first-order valence-corrected chi connectivity index (χ1v) is 10.9. The lowest BCUT2D eigenvalue weighted by Gasteiger charge is -2.30. The number of aromatic nitrogens is 2. The molecule has 1 aromatic heterocycles. The average Bonchev–Trinajstić information content (AvgIpc) is 3.03. The van der Waals surface area contributed by atoms with Crippen LogP contribution in [0.25, 0.3) is 0 Å². The fourth-order valence-corrected chi connectivity index (χ4v) is 4.31. The van der Waals surface area contributed by atoms with Crippen LogP contribution in [-0.2, 0) is 6.54 Å². The van der Waals surface area contributed by atoms with Gasteiger partial charge < -0.3 is 10.2 Å². The van der Waals surface area contributed by atoms with Gasteiger partial charge in [-0.15, -0.1) is 0 Å². The maximum Gasteiger partial charge on any atom is 0.260 e. The number of carbonyl (C=O) groups excluding carboxylic acids is 1. The molecule has 2 heterocycles. The highest BCUT2D eigenvalue weighted by Gasteiger charge is 2.23. The molecule has 0 atom stereocenters. The van der Waals surface area contributed by atoms with Crippen LogP contribution < -0.4 is 10.2 Å². The number of anilines is 2. The van der Waals surface area contributed by atoms with Gasteiger partial charge in [0.25, 0.3) is 5.91 Å². The van der Waals surface area contributed by atoms with Crippen LogP contribution in [-0.4, -0.2) is 28.8 Å². The Kier molecular flexibility index (Phi) is 6.28. The smallest absolute Gasteiger partial charge is 0.260 e. The topological polar surface area (TPSA) is 50.2 Å². The Balaban J connectivity index is 1.58. The van der Waals surface area contributed by atoms with Crippen LogP contribution in [0.4, 0.5) is 15.8 Å². The fourth-order valence-electron chi connectivity index (χ4n) is 3.99. The molecule has 0 radical (unpaired) electrons. The molecule has 1 fully saturated rings. The second-order valence-electron chi connectivity index (χ2n) is 8.06. The van der Waals surface area contributed by atoms with Crippen molar-refractivity contribution in [2.75, 3.05) is 23.3 Å². The molecule has 5 nitrogen and oxygen atoms in total. The van der Waals surface area contributed by atoms with E-state index in [-0.39, 0.29) is 11.1 Å². The quantitative estimate of drug-likeness (QED) is 0.563. The molecule has 0 aliphatic carbocycles. The molecule has 2 aromatic carbocycles. The second-order valence-corrected chi connectivity index (χ2v) is 8.42. The molecular formula is C24H26ClFN4O. The third-order valence-electron chi connectivity index (χ3n) is 5.65. The number of aryl methyl sites for hydroxylation is 2. The van der Waals surface area contributed by atoms with Crippen LogP contribution in [0, 0.1) is 19.7 Å². The zero-order chi connectivity index (χ0) is 22.0. The van der Waals surface area contributed by atoms with Crippen LogP contribution in [0.1, 0.15) is 46.4 Å². The van der Waals surface area contributed by atoms with Gasteiger partial charge >= 0.3 is 0 Å². The van der Waals surface area contributed by atoms with E-state index in [1.165, 1.54) is 24.1 Å². The van der Waals surface area contributed by atoms with Gasteiger partial charge in [-0.25, -0.2) is 9.07 Å². The minimum absolute atomic E-state index is 0.270. The first-order valence-electron chi connectivity index (χ1n) is 10.6. The summed E-state index contributed by atoms with van der Waals surface area (Å²) >= 11 is 6.55. The molecule has 1 amide bonds. The highest BCUT2D eigenvalue weighted by Crippen LogP contribution is 2.31. The van der Waals surface area contributed by atoms with Gasteiger partial charge in [0.15, 0.2) is 0 Å². The lowest BCUT2D eigenvalue weighted by atomic mass is 10.1. The van der Waals surface area contributed by atoms with E-state index in [0.29, 0.717) is 23.5 Å². The van der Waals surface area contributed by atoms with E-state index in [0.717, 1.165) is 37.2 Å². The van der Waals surface area contributed by atoms with E-state index < -0.39 is 5.82 Å². The summed E-state index contributed by atoms with van der Waals surface area (Å²) in [6.45, 7) is 6.03. The maximum atomic E-state index is 14.0. The van der Waals surface area contributed by atoms with E-state index in [9.17, 15) is 9.18 Å². The summed E-state index contributed by atoms with van der Waals surface area (Å²) in [5.74, 6) is -0.782. The van der Waals surface area contributed by atoms with E-state index in [1.54, 1.807) is 17.7 Å². The lowest BCUT2D eigenvalue weighted by molar-refractivity contribution is 0.102. The van der Waals surface area contributed by atoms with E-state index in [4.69, 9.17) is 11.6 Å². The van der Waals surface area contributed by atoms with Crippen molar-refractivity contribution in [3.8, 4) is 0 Å². The summed E-state index contributed by atoms with van der Waals surface area (Å²) in [5.41, 5.74) is 4.34. The Labute approximate surface area is 186 Å². The Morgan fingerprint density at radius 2 is 1.81 bits per heavy atom.